The van der Waals surface area contributed by atoms with Crippen LogP contribution < -0.4 is 0 Å². The fourth-order valence-electron chi connectivity index (χ4n) is 3.53. The molecule has 2 aromatic carbocycles. The van der Waals surface area contributed by atoms with Gasteiger partial charge >= 0.3 is 0 Å². The molecule has 0 fully saturated rings. The summed E-state index contributed by atoms with van der Waals surface area (Å²) < 4.78 is 31.1. The van der Waals surface area contributed by atoms with Crippen LogP contribution in [0.25, 0.3) is 12.2 Å². The first-order valence-corrected chi connectivity index (χ1v) is 10.3. The number of hydrogen-bond donors (Lipinski definition) is 1. The van der Waals surface area contributed by atoms with Crippen molar-refractivity contribution in [1.82, 2.24) is 19.3 Å². The van der Waals surface area contributed by atoms with Crippen molar-refractivity contribution in [1.29, 1.82) is 0 Å². The molecule has 1 N–H and O–H groups in total. The Labute approximate surface area is 189 Å². The molecule has 0 bridgehead atoms. The van der Waals surface area contributed by atoms with E-state index in [1.54, 1.807) is 10.8 Å². The number of aliphatic hydroxyl groups is 1. The molecule has 0 saturated heterocycles. The van der Waals surface area contributed by atoms with Crippen LogP contribution in [0.15, 0.2) is 67.4 Å². The zero-order valence-electron chi connectivity index (χ0n) is 17.3. The van der Waals surface area contributed by atoms with Gasteiger partial charge in [-0.1, -0.05) is 59.6 Å². The quantitative estimate of drug-likeness (QED) is 0.424. The minimum atomic E-state index is -1.76. The molecule has 0 radical (unpaired) electrons. The maximum atomic E-state index is 14.6. The van der Waals surface area contributed by atoms with E-state index in [1.807, 2.05) is 49.4 Å². The van der Waals surface area contributed by atoms with E-state index in [4.69, 9.17) is 11.6 Å². The van der Waals surface area contributed by atoms with Gasteiger partial charge in [-0.15, -0.1) is 0 Å². The molecule has 0 aliphatic heterocycles. The molecule has 1 unspecified atom stereocenters. The van der Waals surface area contributed by atoms with Gasteiger partial charge in [0.15, 0.2) is 0 Å². The summed E-state index contributed by atoms with van der Waals surface area (Å²) in [4.78, 5) is 3.87. The van der Waals surface area contributed by atoms with Crippen LogP contribution in [0, 0.1) is 18.6 Å². The van der Waals surface area contributed by atoms with Crippen molar-refractivity contribution in [3.63, 3.8) is 0 Å². The zero-order chi connectivity index (χ0) is 22.7. The van der Waals surface area contributed by atoms with E-state index in [9.17, 15) is 13.9 Å². The Morgan fingerprint density at radius 3 is 2.53 bits per heavy atom. The van der Waals surface area contributed by atoms with Crippen LogP contribution in [-0.2, 0) is 18.7 Å². The molecule has 4 rings (SSSR count). The molecule has 32 heavy (non-hydrogen) atoms. The van der Waals surface area contributed by atoms with E-state index in [1.165, 1.54) is 29.0 Å². The van der Waals surface area contributed by atoms with E-state index in [0.29, 0.717) is 5.15 Å². The molecule has 8 heteroatoms. The molecule has 0 aliphatic carbocycles. The lowest BCUT2D eigenvalue weighted by Gasteiger charge is -2.30. The standard InChI is InChI=1S/C24H21ClF2N4O/c1-17-2-4-18(5-3-17)6-7-19-10-11-30(23(19)25)13-24(32,14-31-16-28-15-29-31)21-9-8-20(26)12-22(21)27/h2-12,15-16,32H,13-14H2,1H3. The third-order valence-electron chi connectivity index (χ3n) is 5.21. The van der Waals surface area contributed by atoms with Crippen molar-refractivity contribution < 1.29 is 13.9 Å². The Kier molecular flexibility index (Phi) is 6.21. The second-order valence-corrected chi connectivity index (χ2v) is 8.04. The van der Waals surface area contributed by atoms with E-state index in [-0.39, 0.29) is 18.7 Å². The normalized spacial score (nSPS) is 13.5. The third-order valence-corrected chi connectivity index (χ3v) is 5.65. The van der Waals surface area contributed by atoms with Gasteiger partial charge in [-0.2, -0.15) is 5.10 Å². The summed E-state index contributed by atoms with van der Waals surface area (Å²) in [5.74, 6) is -1.58. The smallest absolute Gasteiger partial charge is 0.137 e. The van der Waals surface area contributed by atoms with Crippen LogP contribution in [0.3, 0.4) is 0 Å². The lowest BCUT2D eigenvalue weighted by atomic mass is 9.92. The fraction of sp³-hybridized carbons (Fsp3) is 0.167. The lowest BCUT2D eigenvalue weighted by Crippen LogP contribution is -2.37. The highest BCUT2D eigenvalue weighted by Crippen LogP contribution is 2.31. The van der Waals surface area contributed by atoms with Crippen molar-refractivity contribution in [2.24, 2.45) is 0 Å². The van der Waals surface area contributed by atoms with Gasteiger partial charge in [0, 0.05) is 23.4 Å². The topological polar surface area (TPSA) is 55.9 Å². The first-order chi connectivity index (χ1) is 15.3. The van der Waals surface area contributed by atoms with Crippen LogP contribution in [0.4, 0.5) is 8.78 Å². The predicted molar refractivity (Wildman–Crippen MR) is 120 cm³/mol. The van der Waals surface area contributed by atoms with Crippen molar-refractivity contribution in [3.05, 3.63) is 106 Å². The molecule has 5 nitrogen and oxygen atoms in total. The summed E-state index contributed by atoms with van der Waals surface area (Å²) in [5, 5.41) is 15.9. The molecule has 0 spiro atoms. The number of aromatic nitrogens is 4. The van der Waals surface area contributed by atoms with Crippen molar-refractivity contribution in [3.8, 4) is 0 Å². The highest BCUT2D eigenvalue weighted by atomic mass is 35.5. The van der Waals surface area contributed by atoms with Crippen LogP contribution >= 0.6 is 11.6 Å². The van der Waals surface area contributed by atoms with Gasteiger partial charge < -0.3 is 9.67 Å². The maximum absolute atomic E-state index is 14.6. The average Bonchev–Trinajstić information content (AvgIpc) is 3.38. The van der Waals surface area contributed by atoms with Gasteiger partial charge in [-0.25, -0.2) is 18.4 Å². The fourth-order valence-corrected chi connectivity index (χ4v) is 3.77. The van der Waals surface area contributed by atoms with Crippen LogP contribution in [-0.4, -0.2) is 24.4 Å². The molecular formula is C24H21ClF2N4O. The molecule has 2 aromatic heterocycles. The summed E-state index contributed by atoms with van der Waals surface area (Å²) in [5.41, 5.74) is 1.12. The number of halogens is 3. The Balaban J connectivity index is 1.64. The minimum absolute atomic E-state index is 0.0593. The van der Waals surface area contributed by atoms with E-state index in [2.05, 4.69) is 10.1 Å². The Morgan fingerprint density at radius 1 is 1.06 bits per heavy atom. The summed E-state index contributed by atoms with van der Waals surface area (Å²) in [6.07, 6.45) is 8.26. The van der Waals surface area contributed by atoms with Gasteiger partial charge in [-0.3, -0.25) is 0 Å². The van der Waals surface area contributed by atoms with E-state index in [0.717, 1.165) is 23.3 Å². The molecule has 0 amide bonds. The van der Waals surface area contributed by atoms with E-state index >= 15 is 0 Å². The summed E-state index contributed by atoms with van der Waals surface area (Å²) in [7, 11) is 0. The SMILES string of the molecule is Cc1ccc(C=Cc2ccn(CC(O)(Cn3cncn3)c3ccc(F)cc3F)c2Cl)cc1. The van der Waals surface area contributed by atoms with Gasteiger partial charge in [-0.05, 0) is 24.6 Å². The monoisotopic (exact) mass is 454 g/mol. The Hall–Kier alpha value is -3.29. The number of aryl methyl sites for hydroxylation is 1. The van der Waals surface area contributed by atoms with Crippen LogP contribution in [0.2, 0.25) is 5.15 Å². The molecule has 4 aromatic rings. The van der Waals surface area contributed by atoms with Gasteiger partial charge in [0.05, 0.1) is 13.1 Å². The number of nitrogens with zero attached hydrogens (tertiary/aromatic N) is 4. The average molecular weight is 455 g/mol. The van der Waals surface area contributed by atoms with Gasteiger partial charge in [0.1, 0.15) is 35.0 Å². The van der Waals surface area contributed by atoms with Crippen molar-refractivity contribution >= 4 is 23.8 Å². The van der Waals surface area contributed by atoms with Crippen LogP contribution in [0.5, 0.6) is 0 Å². The molecule has 0 saturated carbocycles. The second kappa shape index (κ2) is 9.06. The third kappa shape index (κ3) is 4.79. The molecule has 0 aliphatic rings. The molecular weight excluding hydrogens is 434 g/mol. The largest absolute Gasteiger partial charge is 0.381 e. The maximum Gasteiger partial charge on any atom is 0.137 e. The Morgan fingerprint density at radius 2 is 1.84 bits per heavy atom. The first-order valence-electron chi connectivity index (χ1n) is 9.94. The highest BCUT2D eigenvalue weighted by Gasteiger charge is 2.34. The van der Waals surface area contributed by atoms with Crippen molar-refractivity contribution in [2.75, 3.05) is 0 Å². The Bertz CT molecular complexity index is 1240. The number of hydrogen-bond acceptors (Lipinski definition) is 3. The summed E-state index contributed by atoms with van der Waals surface area (Å²) in [6.45, 7) is 1.85. The van der Waals surface area contributed by atoms with Crippen LogP contribution in [0.1, 0.15) is 22.3 Å². The van der Waals surface area contributed by atoms with Crippen molar-refractivity contribution in [2.45, 2.75) is 25.6 Å². The minimum Gasteiger partial charge on any atom is -0.381 e. The molecule has 2 heterocycles. The molecule has 1 atom stereocenters. The van der Waals surface area contributed by atoms with E-state index < -0.39 is 17.2 Å². The molecule has 164 valence electrons. The first kappa shape index (κ1) is 21.9. The number of benzene rings is 2. The number of rotatable bonds is 7. The van der Waals surface area contributed by atoms with Gasteiger partial charge in [0.2, 0.25) is 0 Å². The lowest BCUT2D eigenvalue weighted by molar-refractivity contribution is -0.00528. The zero-order valence-corrected chi connectivity index (χ0v) is 18.0. The second-order valence-electron chi connectivity index (χ2n) is 7.68. The summed E-state index contributed by atoms with van der Waals surface area (Å²) >= 11 is 6.57. The predicted octanol–water partition coefficient (Wildman–Crippen LogP) is 5.08. The highest BCUT2D eigenvalue weighted by molar-refractivity contribution is 6.31. The summed E-state index contributed by atoms with van der Waals surface area (Å²) in [6, 6.07) is 12.9. The van der Waals surface area contributed by atoms with Gasteiger partial charge in [0.25, 0.3) is 0 Å².